The zero-order valence-corrected chi connectivity index (χ0v) is 7.21. The van der Waals surface area contributed by atoms with Gasteiger partial charge in [-0.05, 0) is 24.7 Å². The fourth-order valence-electron chi connectivity index (χ4n) is 2.49. The van der Waals surface area contributed by atoms with E-state index in [-0.39, 0.29) is 0 Å². The molecule has 12 heavy (non-hydrogen) atoms. The molecule has 0 aromatic heterocycles. The van der Waals surface area contributed by atoms with Crippen molar-refractivity contribution in [3.8, 4) is 0 Å². The Kier molecular flexibility index (Phi) is 1.99. The number of Topliss-reactive ketones (excluding diaryl/α,β-unsaturated/α-hetero) is 2. The van der Waals surface area contributed by atoms with Gasteiger partial charge in [-0.2, -0.15) is 0 Å². The van der Waals surface area contributed by atoms with Gasteiger partial charge in [-0.1, -0.05) is 0 Å². The normalized spacial score (nSPS) is 36.3. The predicted octanol–water partition coefficient (Wildman–Crippen LogP) is 1.72. The molecule has 2 atom stereocenters. The third-order valence-electron chi connectivity index (χ3n) is 3.23. The van der Waals surface area contributed by atoms with E-state index < -0.39 is 0 Å². The van der Waals surface area contributed by atoms with Crippen LogP contribution in [0.2, 0.25) is 0 Å². The highest BCUT2D eigenvalue weighted by atomic mass is 16.1. The third kappa shape index (κ3) is 1.43. The predicted molar refractivity (Wildman–Crippen MR) is 44.7 cm³/mol. The summed E-state index contributed by atoms with van der Waals surface area (Å²) >= 11 is 0. The van der Waals surface area contributed by atoms with Crippen molar-refractivity contribution < 1.29 is 9.59 Å². The summed E-state index contributed by atoms with van der Waals surface area (Å²) in [4.78, 5) is 22.0. The molecule has 0 aromatic carbocycles. The summed E-state index contributed by atoms with van der Waals surface area (Å²) in [6, 6.07) is 0. The minimum atomic E-state index is 0.402. The van der Waals surface area contributed by atoms with Crippen LogP contribution in [0.1, 0.15) is 38.5 Å². The number of ketones is 2. The van der Waals surface area contributed by atoms with Gasteiger partial charge in [0, 0.05) is 25.7 Å². The van der Waals surface area contributed by atoms with Gasteiger partial charge in [0.25, 0.3) is 0 Å². The molecule has 0 radical (unpaired) electrons. The van der Waals surface area contributed by atoms with E-state index >= 15 is 0 Å². The van der Waals surface area contributed by atoms with Crippen LogP contribution in [0, 0.1) is 11.8 Å². The highest BCUT2D eigenvalue weighted by Crippen LogP contribution is 2.37. The lowest BCUT2D eigenvalue weighted by Gasteiger charge is -2.14. The first kappa shape index (κ1) is 7.96. The van der Waals surface area contributed by atoms with E-state index in [0.717, 1.165) is 38.5 Å². The molecule has 2 nitrogen and oxygen atoms in total. The number of hydrogen-bond acceptors (Lipinski definition) is 2. The largest absolute Gasteiger partial charge is 0.300 e. The van der Waals surface area contributed by atoms with Gasteiger partial charge in [0.1, 0.15) is 11.6 Å². The van der Waals surface area contributed by atoms with Gasteiger partial charge in [0.05, 0.1) is 0 Å². The van der Waals surface area contributed by atoms with E-state index in [4.69, 9.17) is 0 Å². The fourth-order valence-corrected chi connectivity index (χ4v) is 2.49. The molecular weight excluding hydrogens is 152 g/mol. The second-order valence-electron chi connectivity index (χ2n) is 4.08. The Labute approximate surface area is 72.3 Å². The summed E-state index contributed by atoms with van der Waals surface area (Å²) in [6.07, 6.45) is 5.09. The second-order valence-corrected chi connectivity index (χ2v) is 4.08. The summed E-state index contributed by atoms with van der Waals surface area (Å²) in [5.74, 6) is 1.89. The molecule has 2 fully saturated rings. The summed E-state index contributed by atoms with van der Waals surface area (Å²) < 4.78 is 0. The van der Waals surface area contributed by atoms with Crippen molar-refractivity contribution in [3.05, 3.63) is 0 Å². The Morgan fingerprint density at radius 3 is 1.50 bits per heavy atom. The molecule has 0 saturated heterocycles. The maximum atomic E-state index is 11.0. The quantitative estimate of drug-likeness (QED) is 0.594. The number of carbonyl (C=O) groups excluding carboxylic acids is 2. The van der Waals surface area contributed by atoms with Gasteiger partial charge in [-0.15, -0.1) is 0 Å². The standard InChI is InChI=1S/C10H14O2/c11-9-3-1-7(5-9)8-2-4-10(12)6-8/h7-8H,1-6H2/t7-,8+. The van der Waals surface area contributed by atoms with Crippen LogP contribution >= 0.6 is 0 Å². The van der Waals surface area contributed by atoms with Crippen molar-refractivity contribution in [3.63, 3.8) is 0 Å². The average molecular weight is 166 g/mol. The van der Waals surface area contributed by atoms with Gasteiger partial charge >= 0.3 is 0 Å². The first-order chi connectivity index (χ1) is 5.75. The molecule has 0 amide bonds. The van der Waals surface area contributed by atoms with E-state index in [0.29, 0.717) is 23.4 Å². The summed E-state index contributed by atoms with van der Waals surface area (Å²) in [7, 11) is 0. The Bertz CT molecular complexity index is 196. The van der Waals surface area contributed by atoms with Crippen LogP contribution in [-0.4, -0.2) is 11.6 Å². The van der Waals surface area contributed by atoms with E-state index in [1.165, 1.54) is 0 Å². The average Bonchev–Trinajstić information content (AvgIpc) is 2.58. The summed E-state index contributed by atoms with van der Waals surface area (Å²) in [5.41, 5.74) is 0. The van der Waals surface area contributed by atoms with Crippen molar-refractivity contribution in [1.29, 1.82) is 0 Å². The van der Waals surface area contributed by atoms with Crippen LogP contribution < -0.4 is 0 Å². The minimum absolute atomic E-state index is 0.402. The van der Waals surface area contributed by atoms with E-state index in [9.17, 15) is 9.59 Å². The van der Waals surface area contributed by atoms with Gasteiger partial charge in [0.2, 0.25) is 0 Å². The minimum Gasteiger partial charge on any atom is -0.300 e. The van der Waals surface area contributed by atoms with Crippen molar-refractivity contribution in [2.45, 2.75) is 38.5 Å². The zero-order chi connectivity index (χ0) is 8.55. The molecule has 0 aromatic rings. The van der Waals surface area contributed by atoms with Crippen LogP contribution in [0.25, 0.3) is 0 Å². The smallest absolute Gasteiger partial charge is 0.133 e. The van der Waals surface area contributed by atoms with E-state index in [1.807, 2.05) is 0 Å². The molecular formula is C10H14O2. The van der Waals surface area contributed by atoms with Gasteiger partial charge in [-0.3, -0.25) is 9.59 Å². The van der Waals surface area contributed by atoms with Crippen LogP contribution in [0.15, 0.2) is 0 Å². The molecule has 2 aliphatic carbocycles. The lowest BCUT2D eigenvalue weighted by molar-refractivity contribution is -0.119. The number of rotatable bonds is 1. The molecule has 0 N–H and O–H groups in total. The van der Waals surface area contributed by atoms with Crippen molar-refractivity contribution >= 4 is 11.6 Å². The van der Waals surface area contributed by atoms with Gasteiger partial charge in [0.15, 0.2) is 0 Å². The highest BCUT2D eigenvalue weighted by molar-refractivity contribution is 5.82. The van der Waals surface area contributed by atoms with E-state index in [2.05, 4.69) is 0 Å². The Morgan fingerprint density at radius 2 is 1.25 bits per heavy atom. The molecule has 0 bridgehead atoms. The molecule has 0 unspecified atom stereocenters. The highest BCUT2D eigenvalue weighted by Gasteiger charge is 2.33. The Hall–Kier alpha value is -0.660. The first-order valence-corrected chi connectivity index (χ1v) is 4.79. The SMILES string of the molecule is O=C1CC[C@@H]([C@H]2CCC(=O)C2)C1. The van der Waals surface area contributed by atoms with Gasteiger partial charge in [-0.25, -0.2) is 0 Å². The van der Waals surface area contributed by atoms with E-state index in [1.54, 1.807) is 0 Å². The monoisotopic (exact) mass is 166 g/mol. The maximum Gasteiger partial charge on any atom is 0.133 e. The second kappa shape index (κ2) is 3.00. The Morgan fingerprint density at radius 1 is 0.833 bits per heavy atom. The number of carbonyl (C=O) groups is 2. The lowest BCUT2D eigenvalue weighted by Crippen LogP contribution is -2.08. The molecule has 2 saturated carbocycles. The van der Waals surface area contributed by atoms with Crippen molar-refractivity contribution in [1.82, 2.24) is 0 Å². The van der Waals surface area contributed by atoms with Crippen molar-refractivity contribution in [2.75, 3.05) is 0 Å². The van der Waals surface area contributed by atoms with Crippen LogP contribution in [-0.2, 0) is 9.59 Å². The molecule has 0 spiro atoms. The molecule has 0 heterocycles. The summed E-state index contributed by atoms with van der Waals surface area (Å²) in [5, 5.41) is 0. The first-order valence-electron chi connectivity index (χ1n) is 4.79. The van der Waals surface area contributed by atoms with Crippen LogP contribution in [0.5, 0.6) is 0 Å². The lowest BCUT2D eigenvalue weighted by atomic mass is 9.90. The van der Waals surface area contributed by atoms with Gasteiger partial charge < -0.3 is 0 Å². The Balaban J connectivity index is 1.93. The van der Waals surface area contributed by atoms with Crippen molar-refractivity contribution in [2.24, 2.45) is 11.8 Å². The third-order valence-corrected chi connectivity index (χ3v) is 3.23. The molecule has 66 valence electrons. The molecule has 2 rings (SSSR count). The molecule has 2 aliphatic rings. The van der Waals surface area contributed by atoms with Crippen LogP contribution in [0.4, 0.5) is 0 Å². The zero-order valence-electron chi connectivity index (χ0n) is 7.21. The topological polar surface area (TPSA) is 34.1 Å². The molecule has 0 aliphatic heterocycles. The molecule has 2 heteroatoms. The maximum absolute atomic E-state index is 11.0. The number of hydrogen-bond donors (Lipinski definition) is 0. The summed E-state index contributed by atoms with van der Waals surface area (Å²) in [6.45, 7) is 0. The van der Waals surface area contributed by atoms with Crippen LogP contribution in [0.3, 0.4) is 0 Å². The fraction of sp³-hybridized carbons (Fsp3) is 0.800.